The minimum Gasteiger partial charge on any atom is -0.414 e. The summed E-state index contributed by atoms with van der Waals surface area (Å²) in [4.78, 5) is 0. The second-order valence-corrected chi connectivity index (χ2v) is 12.5. The second kappa shape index (κ2) is 6.44. The Morgan fingerprint density at radius 1 is 1.15 bits per heavy atom. The van der Waals surface area contributed by atoms with E-state index in [0.29, 0.717) is 6.61 Å². The van der Waals surface area contributed by atoms with E-state index in [1.807, 2.05) is 13.8 Å². The van der Waals surface area contributed by atoms with Crippen LogP contribution < -0.4 is 0 Å². The van der Waals surface area contributed by atoms with E-state index in [4.69, 9.17) is 19.0 Å². The highest BCUT2D eigenvalue weighted by atomic mass is 28.4. The average molecular weight is 305 g/mol. The van der Waals surface area contributed by atoms with E-state index in [9.17, 15) is 0 Å². The Kier molecular flexibility index (Phi) is 5.83. The smallest absolute Gasteiger partial charge is 0.192 e. The van der Waals surface area contributed by atoms with Gasteiger partial charge in [-0.2, -0.15) is 0 Å². The first kappa shape index (κ1) is 18.1. The van der Waals surface area contributed by atoms with Crippen molar-refractivity contribution < 1.29 is 19.0 Å². The van der Waals surface area contributed by atoms with Crippen molar-refractivity contribution in [3.05, 3.63) is 0 Å². The highest BCUT2D eigenvalue weighted by Gasteiger charge is 2.43. The van der Waals surface area contributed by atoms with E-state index in [1.165, 1.54) is 0 Å². The van der Waals surface area contributed by atoms with Crippen LogP contribution in [0.4, 0.5) is 0 Å². The fraction of sp³-hybridized carbons (Fsp3) is 1.00. The molecule has 1 rings (SSSR count). The largest absolute Gasteiger partial charge is 0.414 e. The summed E-state index contributed by atoms with van der Waals surface area (Å²) < 4.78 is 18.1. The third-order valence-corrected chi connectivity index (χ3v) is 8.85. The molecule has 0 unspecified atom stereocenters. The van der Waals surface area contributed by atoms with Gasteiger partial charge in [-0.25, -0.2) is 0 Å². The number of aliphatic hydroxyl groups is 1. The Morgan fingerprint density at radius 3 is 2.20 bits per heavy atom. The van der Waals surface area contributed by atoms with Crippen molar-refractivity contribution in [2.24, 2.45) is 0 Å². The van der Waals surface area contributed by atoms with Crippen LogP contribution in [-0.2, 0) is 13.9 Å². The van der Waals surface area contributed by atoms with Crippen LogP contribution in [0.1, 0.15) is 47.5 Å². The molecule has 1 heterocycles. The fourth-order valence-corrected chi connectivity index (χ4v) is 3.11. The van der Waals surface area contributed by atoms with Crippen LogP contribution in [0.15, 0.2) is 0 Å². The molecule has 2 atom stereocenters. The predicted octanol–water partition coefficient (Wildman–Crippen LogP) is 3.30. The van der Waals surface area contributed by atoms with E-state index in [1.54, 1.807) is 0 Å². The third-order valence-electron chi connectivity index (χ3n) is 4.35. The molecule has 0 amide bonds. The first-order valence-electron chi connectivity index (χ1n) is 7.59. The van der Waals surface area contributed by atoms with Gasteiger partial charge in [-0.15, -0.1) is 0 Å². The van der Waals surface area contributed by atoms with Gasteiger partial charge in [0.25, 0.3) is 0 Å². The molecular weight excluding hydrogens is 272 g/mol. The zero-order valence-corrected chi connectivity index (χ0v) is 15.2. The molecule has 4 nitrogen and oxygen atoms in total. The lowest BCUT2D eigenvalue weighted by molar-refractivity contribution is -0.149. The van der Waals surface area contributed by atoms with Gasteiger partial charge in [0.1, 0.15) is 6.10 Å². The lowest BCUT2D eigenvalue weighted by Gasteiger charge is -2.37. The Morgan fingerprint density at radius 2 is 1.70 bits per heavy atom. The lowest BCUT2D eigenvalue weighted by atomic mass is 10.1. The van der Waals surface area contributed by atoms with Gasteiger partial charge in [0.05, 0.1) is 12.7 Å². The monoisotopic (exact) mass is 304 g/mol. The molecule has 0 aromatic rings. The van der Waals surface area contributed by atoms with Gasteiger partial charge in [-0.05, 0) is 44.8 Å². The molecule has 5 heteroatoms. The summed E-state index contributed by atoms with van der Waals surface area (Å²) in [5, 5.41) is 9.19. The highest BCUT2D eigenvalue weighted by molar-refractivity contribution is 6.74. The molecule has 120 valence electrons. The van der Waals surface area contributed by atoms with Crippen LogP contribution in [0.25, 0.3) is 0 Å². The van der Waals surface area contributed by atoms with Crippen molar-refractivity contribution in [3.63, 3.8) is 0 Å². The number of hydrogen-bond acceptors (Lipinski definition) is 4. The molecule has 1 saturated heterocycles. The van der Waals surface area contributed by atoms with Crippen molar-refractivity contribution in [2.45, 2.75) is 83.6 Å². The minimum absolute atomic E-state index is 0.0157. The Labute approximate surface area is 124 Å². The van der Waals surface area contributed by atoms with Crippen molar-refractivity contribution in [2.75, 3.05) is 13.2 Å². The number of rotatable bonds is 6. The van der Waals surface area contributed by atoms with Gasteiger partial charge < -0.3 is 19.0 Å². The van der Waals surface area contributed by atoms with Crippen LogP contribution in [0, 0.1) is 0 Å². The average Bonchev–Trinajstić information content (AvgIpc) is 2.57. The van der Waals surface area contributed by atoms with Gasteiger partial charge in [-0.3, -0.25) is 0 Å². The van der Waals surface area contributed by atoms with Gasteiger partial charge in [-0.1, -0.05) is 20.8 Å². The quantitative estimate of drug-likeness (QED) is 0.765. The summed E-state index contributed by atoms with van der Waals surface area (Å²) in [6, 6.07) is 0. The summed E-state index contributed by atoms with van der Waals surface area (Å²) >= 11 is 0. The van der Waals surface area contributed by atoms with Crippen molar-refractivity contribution >= 4 is 8.32 Å². The van der Waals surface area contributed by atoms with Crippen LogP contribution >= 0.6 is 0 Å². The Bertz CT molecular complexity index is 309. The number of hydrogen-bond donors (Lipinski definition) is 1. The normalized spacial score (nSPS) is 27.0. The molecule has 0 spiro atoms. The molecule has 1 aliphatic heterocycles. The van der Waals surface area contributed by atoms with Gasteiger partial charge in [0.15, 0.2) is 14.1 Å². The van der Waals surface area contributed by atoms with E-state index in [2.05, 4.69) is 33.9 Å². The van der Waals surface area contributed by atoms with E-state index in [0.717, 1.165) is 12.8 Å². The summed E-state index contributed by atoms with van der Waals surface area (Å²) in [5.41, 5.74) is 0. The van der Waals surface area contributed by atoms with Crippen LogP contribution in [-0.4, -0.2) is 44.6 Å². The van der Waals surface area contributed by atoms with Gasteiger partial charge >= 0.3 is 0 Å². The summed E-state index contributed by atoms with van der Waals surface area (Å²) in [6.45, 7) is 15.8. The maximum Gasteiger partial charge on any atom is 0.192 e. The zero-order valence-electron chi connectivity index (χ0n) is 14.2. The standard InChI is InChI=1S/C15H32O4Si/c1-14(2,3)20(6,7)17-11-13-12(9-8-10-16)18-15(4,5)19-13/h12-13,16H,8-11H2,1-7H3/t12-,13-/m0/s1. The Hall–Kier alpha value is 0.0569. The molecule has 0 aromatic heterocycles. The molecule has 0 radical (unpaired) electrons. The second-order valence-electron chi connectivity index (χ2n) is 7.65. The lowest BCUT2D eigenvalue weighted by Crippen LogP contribution is -2.44. The maximum absolute atomic E-state index is 8.99. The summed E-state index contributed by atoms with van der Waals surface area (Å²) in [7, 11) is -1.76. The molecule has 0 saturated carbocycles. The van der Waals surface area contributed by atoms with E-state index in [-0.39, 0.29) is 23.9 Å². The van der Waals surface area contributed by atoms with E-state index >= 15 is 0 Å². The Balaban J connectivity index is 2.60. The minimum atomic E-state index is -1.76. The van der Waals surface area contributed by atoms with Crippen LogP contribution in [0.5, 0.6) is 0 Å². The molecule has 1 aliphatic rings. The number of ether oxygens (including phenoxy) is 2. The highest BCUT2D eigenvalue weighted by Crippen LogP contribution is 2.38. The predicted molar refractivity (Wildman–Crippen MR) is 83.3 cm³/mol. The topological polar surface area (TPSA) is 47.9 Å². The maximum atomic E-state index is 8.99. The molecule has 1 N–H and O–H groups in total. The van der Waals surface area contributed by atoms with E-state index < -0.39 is 14.1 Å². The zero-order chi connectivity index (χ0) is 15.6. The first-order valence-corrected chi connectivity index (χ1v) is 10.5. The molecule has 0 bridgehead atoms. The molecule has 1 fully saturated rings. The van der Waals surface area contributed by atoms with Gasteiger partial charge in [0, 0.05) is 6.61 Å². The van der Waals surface area contributed by atoms with Crippen LogP contribution in [0.2, 0.25) is 18.1 Å². The van der Waals surface area contributed by atoms with Crippen LogP contribution in [0.3, 0.4) is 0 Å². The summed E-state index contributed by atoms with van der Waals surface area (Å²) in [6.07, 6.45) is 1.53. The molecule has 0 aromatic carbocycles. The number of aliphatic hydroxyl groups excluding tert-OH is 1. The van der Waals surface area contributed by atoms with Crippen molar-refractivity contribution in [1.29, 1.82) is 0 Å². The molecule has 0 aliphatic carbocycles. The molecular formula is C15H32O4Si. The SMILES string of the molecule is CC1(C)O[C@@H](CCCO)[C@H](CO[Si](C)(C)C(C)(C)C)O1. The fourth-order valence-electron chi connectivity index (χ4n) is 2.09. The third kappa shape index (κ3) is 4.81. The van der Waals surface area contributed by atoms with Crippen molar-refractivity contribution in [3.8, 4) is 0 Å². The van der Waals surface area contributed by atoms with Gasteiger partial charge in [0.2, 0.25) is 0 Å². The first-order chi connectivity index (χ1) is 8.98. The summed E-state index contributed by atoms with van der Waals surface area (Å²) in [5.74, 6) is -0.554. The van der Waals surface area contributed by atoms with Crippen molar-refractivity contribution in [1.82, 2.24) is 0 Å². The molecule has 20 heavy (non-hydrogen) atoms.